The number of hydrogen-bond acceptors (Lipinski definition) is 17. The molecule has 9 atom stereocenters. The number of aromatic nitrogens is 8. The number of hydrogen-bond donors (Lipinski definition) is 6. The standard InChI is InChI=1S/C20H24N10O12P2/c21-14-10-15(24-4-23-14)29(5-25-10)19-12(31)13-9(40-19)3-38-43(33,34)41-8-1-7(2-37-44(35,36)42-13)39-18(8)30-6-26-11-16(30)27-20(22)28-17(11)32/h4-9,12-13,18-19,31H,1-3H2,(H,33,34)(H,35,36)(H2,21,23,24)(H3,22,27,28,32)/t7-,8-,9?,12?,13?,18?,19?/m0/s1. The number of nitrogens with zero attached hydrogens (tertiary/aromatic N) is 7. The Hall–Kier alpha value is -3.40. The van der Waals surface area contributed by atoms with Crippen LogP contribution in [0.1, 0.15) is 18.9 Å². The van der Waals surface area contributed by atoms with Gasteiger partial charge in [0.25, 0.3) is 5.56 Å². The van der Waals surface area contributed by atoms with Crippen molar-refractivity contribution in [2.24, 2.45) is 0 Å². The molecule has 0 saturated carbocycles. The summed E-state index contributed by atoms with van der Waals surface area (Å²) in [7, 11) is -9.84. The van der Waals surface area contributed by atoms with Crippen LogP contribution >= 0.6 is 15.6 Å². The number of phosphoric acid groups is 2. The first-order chi connectivity index (χ1) is 20.9. The third-order valence-electron chi connectivity index (χ3n) is 7.19. The van der Waals surface area contributed by atoms with Crippen molar-refractivity contribution in [1.82, 2.24) is 39.0 Å². The minimum atomic E-state index is -4.93. The molecule has 4 aromatic rings. The van der Waals surface area contributed by atoms with Crippen molar-refractivity contribution in [3.8, 4) is 0 Å². The molecule has 2 bridgehead atoms. The van der Waals surface area contributed by atoms with Crippen LogP contribution in [-0.2, 0) is 36.7 Å². The summed E-state index contributed by atoms with van der Waals surface area (Å²) in [5.41, 5.74) is 11.1. The molecule has 236 valence electrons. The van der Waals surface area contributed by atoms with Gasteiger partial charge in [0, 0.05) is 6.42 Å². The summed E-state index contributed by atoms with van der Waals surface area (Å²) >= 11 is 0. The van der Waals surface area contributed by atoms with Crippen LogP contribution in [-0.4, -0.2) is 97.7 Å². The Balaban J connectivity index is 1.19. The molecule has 3 aliphatic rings. The normalized spacial score (nSPS) is 36.6. The number of ether oxygens (including phenoxy) is 2. The quantitative estimate of drug-likeness (QED) is 0.136. The largest absolute Gasteiger partial charge is 0.472 e. The Labute approximate surface area is 244 Å². The van der Waals surface area contributed by atoms with Gasteiger partial charge in [0.2, 0.25) is 5.95 Å². The van der Waals surface area contributed by atoms with Gasteiger partial charge in [-0.05, 0) is 0 Å². The van der Waals surface area contributed by atoms with E-state index < -0.39 is 77.4 Å². The molecule has 3 aliphatic heterocycles. The lowest BCUT2D eigenvalue weighted by atomic mass is 10.1. The van der Waals surface area contributed by atoms with Gasteiger partial charge in [-0.15, -0.1) is 0 Å². The van der Waals surface area contributed by atoms with Gasteiger partial charge in [-0.3, -0.25) is 37.0 Å². The molecule has 7 rings (SSSR count). The van der Waals surface area contributed by atoms with Crippen LogP contribution in [0.25, 0.3) is 22.3 Å². The van der Waals surface area contributed by atoms with Crippen molar-refractivity contribution in [3.05, 3.63) is 29.3 Å². The predicted octanol–water partition coefficient (Wildman–Crippen LogP) is -1.31. The molecule has 24 heteroatoms. The molecule has 0 amide bonds. The van der Waals surface area contributed by atoms with E-state index in [1.807, 2.05) is 0 Å². The van der Waals surface area contributed by atoms with Crippen molar-refractivity contribution < 1.29 is 51.6 Å². The number of aliphatic hydroxyl groups excluding tert-OH is 1. The van der Waals surface area contributed by atoms with E-state index in [1.54, 1.807) is 0 Å². The molecule has 22 nitrogen and oxygen atoms in total. The number of imidazole rings is 2. The molecule has 4 aromatic heterocycles. The highest BCUT2D eigenvalue weighted by Gasteiger charge is 2.51. The number of H-pyrrole nitrogens is 1. The number of nitrogen functional groups attached to an aromatic ring is 2. The van der Waals surface area contributed by atoms with E-state index >= 15 is 0 Å². The molecular formula is C20H24N10O12P2. The second-order valence-corrected chi connectivity index (χ2v) is 12.9. The van der Waals surface area contributed by atoms with Gasteiger partial charge in [-0.1, -0.05) is 0 Å². The van der Waals surface area contributed by atoms with Crippen molar-refractivity contribution in [2.75, 3.05) is 24.7 Å². The lowest BCUT2D eigenvalue weighted by molar-refractivity contribution is -0.0670. The summed E-state index contributed by atoms with van der Waals surface area (Å²) in [5.74, 6) is -0.164. The maximum absolute atomic E-state index is 13.2. The maximum Gasteiger partial charge on any atom is 0.472 e. The zero-order valence-corrected chi connectivity index (χ0v) is 23.9. The molecule has 0 aromatic carbocycles. The maximum atomic E-state index is 13.2. The first kappa shape index (κ1) is 29.3. The van der Waals surface area contributed by atoms with E-state index in [0.717, 1.165) is 0 Å². The molecule has 8 N–H and O–H groups in total. The smallest absolute Gasteiger partial charge is 0.386 e. The Kier molecular flexibility index (Phi) is 7.06. The number of rotatable bonds is 2. The van der Waals surface area contributed by atoms with Gasteiger partial charge in [0.1, 0.15) is 36.3 Å². The number of fused-ring (bicyclic) bond motifs is 5. The van der Waals surface area contributed by atoms with Crippen molar-refractivity contribution >= 4 is 49.7 Å². The summed E-state index contributed by atoms with van der Waals surface area (Å²) < 4.78 is 61.7. The van der Waals surface area contributed by atoms with E-state index in [1.165, 1.54) is 28.1 Å². The van der Waals surface area contributed by atoms with Crippen LogP contribution < -0.4 is 17.0 Å². The summed E-state index contributed by atoms with van der Waals surface area (Å²) in [6.07, 6.45) is -5.96. The van der Waals surface area contributed by atoms with Gasteiger partial charge in [-0.2, -0.15) is 4.98 Å². The summed E-state index contributed by atoms with van der Waals surface area (Å²) in [4.78, 5) is 56.0. The molecule has 0 aliphatic carbocycles. The van der Waals surface area contributed by atoms with Crippen LogP contribution in [0.2, 0.25) is 0 Å². The average molecular weight is 658 g/mol. The second kappa shape index (κ2) is 10.6. The van der Waals surface area contributed by atoms with Gasteiger partial charge < -0.3 is 35.8 Å². The van der Waals surface area contributed by atoms with Crippen LogP contribution in [0.5, 0.6) is 0 Å². The van der Waals surface area contributed by atoms with E-state index in [4.69, 9.17) is 39.0 Å². The van der Waals surface area contributed by atoms with Gasteiger partial charge in [0.05, 0.1) is 32.0 Å². The highest BCUT2D eigenvalue weighted by atomic mass is 31.2. The molecule has 3 saturated heterocycles. The Morgan fingerprint density at radius 3 is 2.39 bits per heavy atom. The minimum Gasteiger partial charge on any atom is -0.386 e. The Morgan fingerprint density at radius 1 is 0.886 bits per heavy atom. The zero-order valence-electron chi connectivity index (χ0n) is 22.1. The van der Waals surface area contributed by atoms with Crippen LogP contribution in [0, 0.1) is 0 Å². The second-order valence-electron chi connectivity index (χ2n) is 10.0. The summed E-state index contributed by atoms with van der Waals surface area (Å²) in [5, 5.41) is 11.1. The summed E-state index contributed by atoms with van der Waals surface area (Å²) in [6.45, 7) is -1.30. The van der Waals surface area contributed by atoms with E-state index in [-0.39, 0.29) is 40.5 Å². The third-order valence-corrected chi connectivity index (χ3v) is 9.19. The van der Waals surface area contributed by atoms with Crippen LogP contribution in [0.15, 0.2) is 23.8 Å². The third kappa shape index (κ3) is 5.18. The zero-order chi connectivity index (χ0) is 31.0. The van der Waals surface area contributed by atoms with Gasteiger partial charge in [0.15, 0.2) is 35.1 Å². The molecule has 44 heavy (non-hydrogen) atoms. The van der Waals surface area contributed by atoms with Crippen molar-refractivity contribution in [3.63, 3.8) is 0 Å². The molecule has 7 unspecified atom stereocenters. The number of nitrogens with one attached hydrogen (secondary N) is 1. The fraction of sp³-hybridized carbons (Fsp3) is 0.500. The fourth-order valence-electron chi connectivity index (χ4n) is 5.29. The minimum absolute atomic E-state index is 0.0151. The molecule has 3 fully saturated rings. The first-order valence-corrected chi connectivity index (χ1v) is 15.8. The first-order valence-electron chi connectivity index (χ1n) is 12.8. The highest BCUT2D eigenvalue weighted by Crippen LogP contribution is 2.53. The van der Waals surface area contributed by atoms with E-state index in [0.29, 0.717) is 0 Å². The monoisotopic (exact) mass is 658 g/mol. The number of aliphatic hydroxyl groups is 1. The molecule has 0 radical (unpaired) electrons. The van der Waals surface area contributed by atoms with Crippen molar-refractivity contribution in [1.29, 1.82) is 0 Å². The van der Waals surface area contributed by atoms with Gasteiger partial charge in [-0.25, -0.2) is 29.1 Å². The number of nitrogens with two attached hydrogens (primary N) is 2. The summed E-state index contributed by atoms with van der Waals surface area (Å²) in [6, 6.07) is 0. The van der Waals surface area contributed by atoms with E-state index in [2.05, 4.69) is 29.9 Å². The number of aromatic amines is 1. The highest BCUT2D eigenvalue weighted by molar-refractivity contribution is 7.47. The van der Waals surface area contributed by atoms with Gasteiger partial charge >= 0.3 is 15.6 Å². The van der Waals surface area contributed by atoms with Crippen molar-refractivity contribution in [2.45, 2.75) is 49.4 Å². The van der Waals surface area contributed by atoms with Crippen LogP contribution in [0.4, 0.5) is 11.8 Å². The van der Waals surface area contributed by atoms with Crippen LogP contribution in [0.3, 0.4) is 0 Å². The Morgan fingerprint density at radius 2 is 1.59 bits per heavy atom. The topological polar surface area (TPSA) is 309 Å². The fourth-order valence-corrected chi connectivity index (χ4v) is 7.21. The van der Waals surface area contributed by atoms with E-state index in [9.17, 15) is 28.8 Å². The molecule has 7 heterocycles. The molecule has 0 spiro atoms. The SMILES string of the molecule is Nc1nc2c(ncn2C2O[C@@H]3COP(=O)(O)OC4C(COP(=O)(O)O[C@H]2C3)OC(n2cnc3c(N)ncnc32)C4O)c(=O)[nH]1. The molecular weight excluding hydrogens is 634 g/mol. The lowest BCUT2D eigenvalue weighted by Crippen LogP contribution is -2.36. The lowest BCUT2D eigenvalue weighted by Gasteiger charge is -2.25. The Bertz CT molecular complexity index is 1900. The average Bonchev–Trinajstić information content (AvgIpc) is 3.72. The number of anilines is 2. The predicted molar refractivity (Wildman–Crippen MR) is 142 cm³/mol. The number of phosphoric ester groups is 2.